The van der Waals surface area contributed by atoms with Crippen LogP contribution in [0.25, 0.3) is 0 Å². The van der Waals surface area contributed by atoms with E-state index in [0.29, 0.717) is 0 Å². The highest BCUT2D eigenvalue weighted by Crippen LogP contribution is 2.23. The smallest absolute Gasteiger partial charge is 0.00624 e. The summed E-state index contributed by atoms with van der Waals surface area (Å²) in [5.41, 5.74) is 6.42. The third-order valence-electron chi connectivity index (χ3n) is 1.48. The lowest BCUT2D eigenvalue weighted by Crippen LogP contribution is -2.05. The molecule has 0 saturated heterocycles. The Labute approximate surface area is 69.3 Å². The van der Waals surface area contributed by atoms with Gasteiger partial charge in [0, 0.05) is 0 Å². The lowest BCUT2D eigenvalue weighted by molar-refractivity contribution is 0.519. The Hall–Kier alpha value is -0.980. The van der Waals surface area contributed by atoms with Crippen molar-refractivity contribution in [3.8, 4) is 0 Å². The number of hydrogen-bond acceptors (Lipinski definition) is 1. The van der Waals surface area contributed by atoms with E-state index in [1.54, 1.807) is 6.08 Å². The molecule has 2 N–H and O–H groups in total. The average molecular weight is 151 g/mol. The van der Waals surface area contributed by atoms with Gasteiger partial charge in [-0.05, 0) is 23.3 Å². The third kappa shape index (κ3) is 4.43. The van der Waals surface area contributed by atoms with E-state index in [0.717, 1.165) is 5.57 Å². The number of rotatable bonds is 2. The molecular weight excluding hydrogens is 134 g/mol. The number of nitrogens with two attached hydrogens (primary N) is 1. The van der Waals surface area contributed by atoms with Crippen LogP contribution in [0.1, 0.15) is 20.8 Å². The Bertz CT molecular complexity index is 180. The molecular formula is C10H17N. The maximum absolute atomic E-state index is 5.16. The van der Waals surface area contributed by atoms with E-state index in [4.69, 9.17) is 5.73 Å². The van der Waals surface area contributed by atoms with E-state index in [1.165, 1.54) is 6.20 Å². The second kappa shape index (κ2) is 4.02. The van der Waals surface area contributed by atoms with Gasteiger partial charge in [-0.1, -0.05) is 39.5 Å². The number of allylic oxidation sites excluding steroid dienone is 4. The van der Waals surface area contributed by atoms with Crippen molar-refractivity contribution in [2.45, 2.75) is 20.8 Å². The van der Waals surface area contributed by atoms with Crippen LogP contribution in [0.5, 0.6) is 0 Å². The molecule has 1 nitrogen and oxygen atoms in total. The van der Waals surface area contributed by atoms with Crippen molar-refractivity contribution >= 4 is 0 Å². The SMILES string of the molecule is C=C(/C=C\C=C/N)C(C)(C)C. The zero-order chi connectivity index (χ0) is 8.91. The molecule has 0 spiro atoms. The molecule has 0 unspecified atom stereocenters. The first-order valence-corrected chi connectivity index (χ1v) is 3.73. The zero-order valence-electron chi connectivity index (χ0n) is 7.59. The van der Waals surface area contributed by atoms with Gasteiger partial charge >= 0.3 is 0 Å². The lowest BCUT2D eigenvalue weighted by Gasteiger charge is -2.18. The molecule has 0 bridgehead atoms. The van der Waals surface area contributed by atoms with Crippen molar-refractivity contribution < 1.29 is 0 Å². The highest BCUT2D eigenvalue weighted by Gasteiger charge is 2.10. The Morgan fingerprint density at radius 2 is 1.82 bits per heavy atom. The first-order chi connectivity index (χ1) is 4.98. The molecule has 0 amide bonds. The molecule has 0 atom stereocenters. The lowest BCUT2D eigenvalue weighted by atomic mass is 9.87. The molecule has 0 rings (SSSR count). The Balaban J connectivity index is 4.08. The highest BCUT2D eigenvalue weighted by atomic mass is 14.5. The number of hydrogen-bond donors (Lipinski definition) is 1. The predicted molar refractivity (Wildman–Crippen MR) is 51.1 cm³/mol. The molecule has 0 saturated carbocycles. The van der Waals surface area contributed by atoms with Gasteiger partial charge in [-0.3, -0.25) is 0 Å². The minimum absolute atomic E-state index is 0.152. The molecule has 0 aliphatic rings. The van der Waals surface area contributed by atoms with Crippen molar-refractivity contribution in [1.82, 2.24) is 0 Å². The fraction of sp³-hybridized carbons (Fsp3) is 0.400. The maximum Gasteiger partial charge on any atom is -0.00624 e. The summed E-state index contributed by atoms with van der Waals surface area (Å²) in [7, 11) is 0. The molecule has 0 radical (unpaired) electrons. The topological polar surface area (TPSA) is 26.0 Å². The van der Waals surface area contributed by atoms with Gasteiger partial charge in [0.1, 0.15) is 0 Å². The quantitative estimate of drug-likeness (QED) is 0.603. The second-order valence-electron chi connectivity index (χ2n) is 3.52. The van der Waals surface area contributed by atoms with E-state index in [1.807, 2.05) is 12.2 Å². The minimum atomic E-state index is 0.152. The van der Waals surface area contributed by atoms with E-state index in [9.17, 15) is 0 Å². The molecule has 11 heavy (non-hydrogen) atoms. The van der Waals surface area contributed by atoms with Crippen molar-refractivity contribution in [2.24, 2.45) is 11.1 Å². The van der Waals surface area contributed by atoms with Gasteiger partial charge in [0.05, 0.1) is 0 Å². The van der Waals surface area contributed by atoms with Crippen LogP contribution in [-0.4, -0.2) is 0 Å². The molecule has 0 fully saturated rings. The maximum atomic E-state index is 5.16. The first kappa shape index (κ1) is 10.0. The predicted octanol–water partition coefficient (Wildman–Crippen LogP) is 2.62. The monoisotopic (exact) mass is 151 g/mol. The van der Waals surface area contributed by atoms with E-state index >= 15 is 0 Å². The van der Waals surface area contributed by atoms with Crippen LogP contribution >= 0.6 is 0 Å². The zero-order valence-corrected chi connectivity index (χ0v) is 7.59. The normalized spacial score (nSPS) is 13.0. The summed E-state index contributed by atoms with van der Waals surface area (Å²) in [6, 6.07) is 0. The largest absolute Gasteiger partial charge is 0.405 e. The Kier molecular flexibility index (Phi) is 3.66. The van der Waals surface area contributed by atoms with Crippen LogP contribution in [0.2, 0.25) is 0 Å². The molecule has 0 aromatic heterocycles. The third-order valence-corrected chi connectivity index (χ3v) is 1.48. The van der Waals surface area contributed by atoms with Crippen molar-refractivity contribution in [3.63, 3.8) is 0 Å². The average Bonchev–Trinajstić information content (AvgIpc) is 1.86. The van der Waals surface area contributed by atoms with Gasteiger partial charge in [0.25, 0.3) is 0 Å². The molecule has 1 heteroatoms. The van der Waals surface area contributed by atoms with Crippen molar-refractivity contribution in [2.75, 3.05) is 0 Å². The molecule has 0 aliphatic heterocycles. The van der Waals surface area contributed by atoms with Crippen LogP contribution in [-0.2, 0) is 0 Å². The fourth-order valence-corrected chi connectivity index (χ4v) is 0.486. The van der Waals surface area contributed by atoms with Gasteiger partial charge in [-0.25, -0.2) is 0 Å². The summed E-state index contributed by atoms with van der Waals surface area (Å²) in [5.74, 6) is 0. The standard InChI is InChI=1S/C10H17N/c1-9(10(2,3)4)7-5-6-8-11/h5-8H,1,11H2,2-4H3/b7-5-,8-6-. The Morgan fingerprint density at radius 1 is 1.27 bits per heavy atom. The summed E-state index contributed by atoms with van der Waals surface area (Å²) in [5, 5.41) is 0. The molecule has 0 aromatic carbocycles. The van der Waals surface area contributed by atoms with Crippen LogP contribution in [0, 0.1) is 5.41 Å². The van der Waals surface area contributed by atoms with Crippen LogP contribution in [0.15, 0.2) is 36.6 Å². The molecule has 62 valence electrons. The van der Waals surface area contributed by atoms with Gasteiger partial charge in [-0.2, -0.15) is 0 Å². The minimum Gasteiger partial charge on any atom is -0.405 e. The summed E-state index contributed by atoms with van der Waals surface area (Å²) >= 11 is 0. The van der Waals surface area contributed by atoms with Crippen molar-refractivity contribution in [1.29, 1.82) is 0 Å². The van der Waals surface area contributed by atoms with Crippen LogP contribution < -0.4 is 5.73 Å². The first-order valence-electron chi connectivity index (χ1n) is 3.73. The molecule has 0 heterocycles. The van der Waals surface area contributed by atoms with Crippen LogP contribution in [0.3, 0.4) is 0 Å². The van der Waals surface area contributed by atoms with Gasteiger partial charge in [-0.15, -0.1) is 0 Å². The molecule has 0 aliphatic carbocycles. The summed E-state index contributed by atoms with van der Waals surface area (Å²) in [6.45, 7) is 10.3. The van der Waals surface area contributed by atoms with Crippen LogP contribution in [0.4, 0.5) is 0 Å². The summed E-state index contributed by atoms with van der Waals surface area (Å²) in [4.78, 5) is 0. The molecule has 0 aromatic rings. The second-order valence-corrected chi connectivity index (χ2v) is 3.52. The van der Waals surface area contributed by atoms with Gasteiger partial charge in [0.15, 0.2) is 0 Å². The van der Waals surface area contributed by atoms with E-state index in [-0.39, 0.29) is 5.41 Å². The van der Waals surface area contributed by atoms with E-state index < -0.39 is 0 Å². The van der Waals surface area contributed by atoms with Gasteiger partial charge in [0.2, 0.25) is 0 Å². The summed E-state index contributed by atoms with van der Waals surface area (Å²) in [6.07, 6.45) is 7.17. The fourth-order valence-electron chi connectivity index (χ4n) is 0.486. The highest BCUT2D eigenvalue weighted by molar-refractivity contribution is 5.23. The van der Waals surface area contributed by atoms with E-state index in [2.05, 4.69) is 27.4 Å². The van der Waals surface area contributed by atoms with Gasteiger partial charge < -0.3 is 5.73 Å². The summed E-state index contributed by atoms with van der Waals surface area (Å²) < 4.78 is 0. The van der Waals surface area contributed by atoms with Crippen molar-refractivity contribution in [3.05, 3.63) is 36.6 Å². The Morgan fingerprint density at radius 3 is 2.18 bits per heavy atom.